The van der Waals surface area contributed by atoms with Crippen LogP contribution >= 0.6 is 0 Å². The number of amides is 1. The molecule has 3 rings (SSSR count). The van der Waals surface area contributed by atoms with Gasteiger partial charge in [-0.1, -0.05) is 30.3 Å². The van der Waals surface area contributed by atoms with E-state index < -0.39 is 15.9 Å². The number of piperidine rings is 1. The van der Waals surface area contributed by atoms with E-state index in [1.165, 1.54) is 12.5 Å². The van der Waals surface area contributed by atoms with Crippen LogP contribution in [0.2, 0.25) is 0 Å². The van der Waals surface area contributed by atoms with Crippen molar-refractivity contribution in [3.05, 3.63) is 53.0 Å². The number of benzene rings is 1. The summed E-state index contributed by atoms with van der Waals surface area (Å²) in [5.41, 5.74) is 1.28. The fourth-order valence-electron chi connectivity index (χ4n) is 3.60. The Bertz CT molecular complexity index is 914. The van der Waals surface area contributed by atoms with E-state index in [9.17, 15) is 13.2 Å². The quantitative estimate of drug-likeness (QED) is 0.810. The standard InChI is InChI=1S/C19H25N3O4S/c1-13-17(18(14(2)26-13)27(20,24)25)19(23)21-16-8-10-22(11-9-16)12-15-6-4-3-5-7-15/h3-7,16H,8-12H2,1-2H3,(H,21,23)(H2,20,24,25). The van der Waals surface area contributed by atoms with Gasteiger partial charge in [-0.3, -0.25) is 9.69 Å². The smallest absolute Gasteiger partial charge is 0.256 e. The highest BCUT2D eigenvalue weighted by atomic mass is 32.2. The van der Waals surface area contributed by atoms with Crippen molar-refractivity contribution in [2.45, 2.75) is 44.2 Å². The van der Waals surface area contributed by atoms with Crippen LogP contribution in [0.15, 0.2) is 39.6 Å². The number of carbonyl (C=O) groups excluding carboxylic acids is 1. The zero-order valence-electron chi connectivity index (χ0n) is 15.6. The maximum absolute atomic E-state index is 12.7. The van der Waals surface area contributed by atoms with Crippen LogP contribution in [0.3, 0.4) is 0 Å². The number of nitrogens with two attached hydrogens (primary N) is 1. The second-order valence-corrected chi connectivity index (χ2v) is 8.47. The molecule has 2 aromatic rings. The summed E-state index contributed by atoms with van der Waals surface area (Å²) < 4.78 is 29.0. The summed E-state index contributed by atoms with van der Waals surface area (Å²) in [6.45, 7) is 5.68. The molecule has 8 heteroatoms. The van der Waals surface area contributed by atoms with E-state index >= 15 is 0 Å². The molecule has 1 saturated heterocycles. The molecular formula is C19H25N3O4S. The molecule has 0 aliphatic carbocycles. The largest absolute Gasteiger partial charge is 0.464 e. The van der Waals surface area contributed by atoms with E-state index in [0.29, 0.717) is 0 Å². The molecule has 1 aromatic carbocycles. The van der Waals surface area contributed by atoms with Crippen LogP contribution < -0.4 is 10.5 Å². The van der Waals surface area contributed by atoms with Gasteiger partial charge in [-0.2, -0.15) is 0 Å². The van der Waals surface area contributed by atoms with Crippen molar-refractivity contribution in [2.24, 2.45) is 5.14 Å². The molecule has 0 spiro atoms. The molecule has 0 radical (unpaired) electrons. The van der Waals surface area contributed by atoms with Crippen LogP contribution in [0.4, 0.5) is 0 Å². The highest BCUT2D eigenvalue weighted by molar-refractivity contribution is 7.89. The lowest BCUT2D eigenvalue weighted by Gasteiger charge is -2.32. The van der Waals surface area contributed by atoms with E-state index in [1.54, 1.807) is 6.92 Å². The zero-order chi connectivity index (χ0) is 19.6. The lowest BCUT2D eigenvalue weighted by Crippen LogP contribution is -2.44. The topological polar surface area (TPSA) is 106 Å². The predicted octanol–water partition coefficient (Wildman–Crippen LogP) is 1.94. The average Bonchev–Trinajstić information content (AvgIpc) is 2.92. The molecule has 0 unspecified atom stereocenters. The Hall–Kier alpha value is -2.16. The lowest BCUT2D eigenvalue weighted by molar-refractivity contribution is 0.0904. The number of sulfonamides is 1. The predicted molar refractivity (Wildman–Crippen MR) is 102 cm³/mol. The highest BCUT2D eigenvalue weighted by Crippen LogP contribution is 2.26. The lowest BCUT2D eigenvalue weighted by atomic mass is 10.0. The van der Waals surface area contributed by atoms with Gasteiger partial charge in [0.05, 0.1) is 0 Å². The number of hydrogen-bond donors (Lipinski definition) is 2. The average molecular weight is 391 g/mol. The molecule has 0 saturated carbocycles. The van der Waals surface area contributed by atoms with Crippen molar-refractivity contribution >= 4 is 15.9 Å². The minimum atomic E-state index is -4.04. The maximum Gasteiger partial charge on any atom is 0.256 e. The van der Waals surface area contributed by atoms with Crippen molar-refractivity contribution < 1.29 is 17.6 Å². The first-order valence-electron chi connectivity index (χ1n) is 8.95. The summed E-state index contributed by atoms with van der Waals surface area (Å²) in [5, 5.41) is 8.20. The van der Waals surface area contributed by atoms with Crippen LogP contribution in [0, 0.1) is 13.8 Å². The summed E-state index contributed by atoms with van der Waals surface area (Å²) in [6.07, 6.45) is 1.61. The SMILES string of the molecule is Cc1oc(C)c(S(N)(=O)=O)c1C(=O)NC1CCN(Cc2ccccc2)CC1. The van der Waals surface area contributed by atoms with Crippen molar-refractivity contribution in [3.63, 3.8) is 0 Å². The fraction of sp³-hybridized carbons (Fsp3) is 0.421. The van der Waals surface area contributed by atoms with Gasteiger partial charge < -0.3 is 9.73 Å². The van der Waals surface area contributed by atoms with Gasteiger partial charge in [-0.25, -0.2) is 13.6 Å². The van der Waals surface area contributed by atoms with Gasteiger partial charge in [0.15, 0.2) is 0 Å². The first-order chi connectivity index (χ1) is 12.8. The van der Waals surface area contributed by atoms with Crippen LogP contribution in [-0.4, -0.2) is 38.4 Å². The second-order valence-electron chi connectivity index (χ2n) is 6.97. The van der Waals surface area contributed by atoms with Crippen molar-refractivity contribution in [3.8, 4) is 0 Å². The maximum atomic E-state index is 12.7. The molecule has 27 heavy (non-hydrogen) atoms. The van der Waals surface area contributed by atoms with Gasteiger partial charge >= 0.3 is 0 Å². The molecule has 1 fully saturated rings. The molecule has 1 aliphatic heterocycles. The molecule has 1 aromatic heterocycles. The van der Waals surface area contributed by atoms with E-state index in [-0.39, 0.29) is 28.0 Å². The third-order valence-electron chi connectivity index (χ3n) is 4.89. The van der Waals surface area contributed by atoms with Gasteiger partial charge in [0.1, 0.15) is 22.0 Å². The van der Waals surface area contributed by atoms with E-state index in [2.05, 4.69) is 22.3 Å². The summed E-state index contributed by atoms with van der Waals surface area (Å²) in [5.74, 6) is -0.0525. The first-order valence-corrected chi connectivity index (χ1v) is 10.5. The summed E-state index contributed by atoms with van der Waals surface area (Å²) >= 11 is 0. The second kappa shape index (κ2) is 7.84. The number of aryl methyl sites for hydroxylation is 2. The summed E-state index contributed by atoms with van der Waals surface area (Å²) in [6, 6.07) is 10.3. The van der Waals surface area contributed by atoms with Gasteiger partial charge in [-0.15, -0.1) is 0 Å². The Kier molecular flexibility index (Phi) is 5.69. The van der Waals surface area contributed by atoms with Crippen LogP contribution in [0.25, 0.3) is 0 Å². The Labute approximate surface area is 159 Å². The number of nitrogens with one attached hydrogen (secondary N) is 1. The fourth-order valence-corrected chi connectivity index (χ4v) is 4.57. The van der Waals surface area contributed by atoms with Crippen LogP contribution in [0.5, 0.6) is 0 Å². The van der Waals surface area contributed by atoms with Crippen LogP contribution in [0.1, 0.15) is 40.3 Å². The minimum absolute atomic E-state index is 0.00698. The van der Waals surface area contributed by atoms with Gasteiger partial charge in [0.2, 0.25) is 10.0 Å². The zero-order valence-corrected chi connectivity index (χ0v) is 16.4. The highest BCUT2D eigenvalue weighted by Gasteiger charge is 2.30. The van der Waals surface area contributed by atoms with E-state index in [1.807, 2.05) is 18.2 Å². The molecule has 146 valence electrons. The van der Waals surface area contributed by atoms with E-state index in [4.69, 9.17) is 9.56 Å². The number of carbonyl (C=O) groups is 1. The Morgan fingerprint density at radius 3 is 2.41 bits per heavy atom. The van der Waals surface area contributed by atoms with Gasteiger partial charge in [0, 0.05) is 25.7 Å². The third-order valence-corrected chi connectivity index (χ3v) is 5.95. The molecule has 7 nitrogen and oxygen atoms in total. The van der Waals surface area contributed by atoms with Crippen molar-refractivity contribution in [2.75, 3.05) is 13.1 Å². The molecule has 1 aliphatic rings. The number of nitrogens with zero attached hydrogens (tertiary/aromatic N) is 1. The minimum Gasteiger partial charge on any atom is -0.464 e. The van der Waals surface area contributed by atoms with Gasteiger partial charge in [-0.05, 0) is 32.3 Å². The first kappa shape index (κ1) is 19.6. The molecule has 2 heterocycles. The number of furan rings is 1. The van der Waals surface area contributed by atoms with Crippen molar-refractivity contribution in [1.29, 1.82) is 0 Å². The van der Waals surface area contributed by atoms with Crippen LogP contribution in [-0.2, 0) is 16.6 Å². The number of rotatable bonds is 5. The Morgan fingerprint density at radius 2 is 1.81 bits per heavy atom. The third kappa shape index (κ3) is 4.58. The van der Waals surface area contributed by atoms with Gasteiger partial charge in [0.25, 0.3) is 5.91 Å². The Balaban J connectivity index is 1.62. The molecular weight excluding hydrogens is 366 g/mol. The molecule has 3 N–H and O–H groups in total. The Morgan fingerprint density at radius 1 is 1.19 bits per heavy atom. The number of hydrogen-bond acceptors (Lipinski definition) is 5. The van der Waals surface area contributed by atoms with E-state index in [0.717, 1.165) is 32.5 Å². The summed E-state index contributed by atoms with van der Waals surface area (Å²) in [7, 11) is -4.04. The molecule has 0 bridgehead atoms. The normalized spacial score (nSPS) is 16.4. The molecule has 0 atom stereocenters. The molecule has 1 amide bonds. The summed E-state index contributed by atoms with van der Waals surface area (Å²) in [4.78, 5) is 14.8. The number of likely N-dealkylation sites (tertiary alicyclic amines) is 1. The monoisotopic (exact) mass is 391 g/mol. The number of primary sulfonamides is 1. The van der Waals surface area contributed by atoms with Crippen molar-refractivity contribution in [1.82, 2.24) is 10.2 Å².